The van der Waals surface area contributed by atoms with E-state index in [2.05, 4.69) is 4.72 Å². The van der Waals surface area contributed by atoms with Crippen LogP contribution in [-0.4, -0.2) is 21.1 Å². The molecule has 2 rings (SSSR count). The fourth-order valence-corrected chi connectivity index (χ4v) is 3.96. The third-order valence-electron chi connectivity index (χ3n) is 3.48. The van der Waals surface area contributed by atoms with Crippen LogP contribution in [0.25, 0.3) is 0 Å². The molecule has 126 valence electrons. The minimum atomic E-state index is -3.59. The Morgan fingerprint density at radius 2 is 1.91 bits per heavy atom. The van der Waals surface area contributed by atoms with E-state index in [1.165, 1.54) is 0 Å². The number of benzene rings is 1. The molecule has 6 heteroatoms. The molecule has 5 nitrogen and oxygen atoms in total. The Labute approximate surface area is 137 Å². The summed E-state index contributed by atoms with van der Waals surface area (Å²) in [5.41, 5.74) is 1.62. The monoisotopic (exact) mass is 337 g/mol. The van der Waals surface area contributed by atoms with E-state index in [0.717, 1.165) is 22.6 Å². The van der Waals surface area contributed by atoms with Gasteiger partial charge in [0.25, 0.3) is 0 Å². The van der Waals surface area contributed by atoms with Crippen LogP contribution < -0.4 is 9.46 Å². The van der Waals surface area contributed by atoms with Gasteiger partial charge in [-0.05, 0) is 63.1 Å². The Bertz CT molecular complexity index is 728. The molecule has 1 unspecified atom stereocenters. The molecule has 0 radical (unpaired) electrons. The fourth-order valence-electron chi connectivity index (χ4n) is 2.54. The summed E-state index contributed by atoms with van der Waals surface area (Å²) in [6, 6.07) is 6.63. The maximum absolute atomic E-state index is 12.6. The summed E-state index contributed by atoms with van der Waals surface area (Å²) >= 11 is 0. The van der Waals surface area contributed by atoms with Gasteiger partial charge >= 0.3 is 0 Å². The van der Waals surface area contributed by atoms with E-state index in [0.29, 0.717) is 13.0 Å². The summed E-state index contributed by atoms with van der Waals surface area (Å²) < 4.78 is 38.6. The minimum Gasteiger partial charge on any atom is -0.493 e. The van der Waals surface area contributed by atoms with Crippen LogP contribution in [0.4, 0.5) is 0 Å². The first kappa shape index (κ1) is 17.6. The van der Waals surface area contributed by atoms with E-state index in [1.807, 2.05) is 33.8 Å². The standard InChI is InChI=1S/C17H23NO4S/c1-5-21-17-12(2)9-16(10-13(17)3)23(19,20)18-14(4)11-15-7-6-8-22-15/h6-10,14,18H,5,11H2,1-4H3. The Morgan fingerprint density at radius 3 is 2.43 bits per heavy atom. The molecule has 1 N–H and O–H groups in total. The molecule has 0 saturated heterocycles. The predicted octanol–water partition coefficient (Wildman–Crippen LogP) is 3.20. The van der Waals surface area contributed by atoms with Crippen LogP contribution in [0.1, 0.15) is 30.7 Å². The van der Waals surface area contributed by atoms with Gasteiger partial charge in [0.05, 0.1) is 17.8 Å². The molecule has 0 bridgehead atoms. The third kappa shape index (κ3) is 4.36. The van der Waals surface area contributed by atoms with E-state index in [1.54, 1.807) is 24.5 Å². The first-order chi connectivity index (χ1) is 10.8. The van der Waals surface area contributed by atoms with Gasteiger partial charge < -0.3 is 9.15 Å². The lowest BCUT2D eigenvalue weighted by atomic mass is 10.1. The zero-order valence-corrected chi connectivity index (χ0v) is 14.7. The van der Waals surface area contributed by atoms with E-state index in [4.69, 9.17) is 9.15 Å². The fraction of sp³-hybridized carbons (Fsp3) is 0.412. The molecule has 0 spiro atoms. The maximum atomic E-state index is 12.6. The number of sulfonamides is 1. The molecular weight excluding hydrogens is 314 g/mol. The van der Waals surface area contributed by atoms with Gasteiger partial charge in [0, 0.05) is 12.5 Å². The van der Waals surface area contributed by atoms with Crippen LogP contribution in [0, 0.1) is 13.8 Å². The van der Waals surface area contributed by atoms with Gasteiger partial charge in [-0.1, -0.05) is 0 Å². The molecule has 0 aliphatic carbocycles. The quantitative estimate of drug-likeness (QED) is 0.842. The Hall–Kier alpha value is -1.79. The molecule has 0 aliphatic rings. The van der Waals surface area contributed by atoms with E-state index < -0.39 is 10.0 Å². The maximum Gasteiger partial charge on any atom is 0.240 e. The van der Waals surface area contributed by atoms with Crippen molar-refractivity contribution >= 4 is 10.0 Å². The first-order valence-electron chi connectivity index (χ1n) is 7.62. The molecule has 0 fully saturated rings. The lowest BCUT2D eigenvalue weighted by molar-refractivity contribution is 0.335. The van der Waals surface area contributed by atoms with Crippen molar-refractivity contribution in [2.24, 2.45) is 0 Å². The van der Waals surface area contributed by atoms with Crippen molar-refractivity contribution in [2.75, 3.05) is 6.61 Å². The van der Waals surface area contributed by atoms with Crippen LogP contribution in [0.3, 0.4) is 0 Å². The average molecular weight is 337 g/mol. The number of furan rings is 1. The Kier molecular flexibility index (Phi) is 5.49. The van der Waals surface area contributed by atoms with Gasteiger partial charge in [-0.25, -0.2) is 13.1 Å². The topological polar surface area (TPSA) is 68.5 Å². The van der Waals surface area contributed by atoms with Gasteiger partial charge in [-0.2, -0.15) is 0 Å². The van der Waals surface area contributed by atoms with Gasteiger partial charge in [-0.15, -0.1) is 0 Å². The van der Waals surface area contributed by atoms with Crippen LogP contribution in [0.5, 0.6) is 5.75 Å². The second kappa shape index (κ2) is 7.19. The Balaban J connectivity index is 2.19. The van der Waals surface area contributed by atoms with Gasteiger partial charge in [-0.3, -0.25) is 0 Å². The van der Waals surface area contributed by atoms with Crippen molar-refractivity contribution in [1.29, 1.82) is 0 Å². The van der Waals surface area contributed by atoms with E-state index in [-0.39, 0.29) is 10.9 Å². The SMILES string of the molecule is CCOc1c(C)cc(S(=O)(=O)NC(C)Cc2ccco2)cc1C. The van der Waals surface area contributed by atoms with Crippen LogP contribution >= 0.6 is 0 Å². The van der Waals surface area contributed by atoms with Crippen molar-refractivity contribution in [3.63, 3.8) is 0 Å². The van der Waals surface area contributed by atoms with Crippen molar-refractivity contribution in [1.82, 2.24) is 4.72 Å². The molecule has 1 heterocycles. The predicted molar refractivity (Wildman–Crippen MR) is 89.3 cm³/mol. The average Bonchev–Trinajstić information content (AvgIpc) is 2.94. The van der Waals surface area contributed by atoms with Crippen molar-refractivity contribution < 1.29 is 17.6 Å². The molecule has 2 aromatic rings. The number of aryl methyl sites for hydroxylation is 2. The molecule has 1 aromatic carbocycles. The van der Waals surface area contributed by atoms with Crippen molar-refractivity contribution in [3.8, 4) is 5.75 Å². The highest BCUT2D eigenvalue weighted by Crippen LogP contribution is 2.27. The molecule has 0 amide bonds. The summed E-state index contributed by atoms with van der Waals surface area (Å²) in [6.45, 7) is 7.97. The summed E-state index contributed by atoms with van der Waals surface area (Å²) in [4.78, 5) is 0.252. The van der Waals surface area contributed by atoms with Crippen LogP contribution in [0.15, 0.2) is 39.8 Å². The first-order valence-corrected chi connectivity index (χ1v) is 9.10. The number of nitrogens with one attached hydrogen (secondary N) is 1. The summed E-state index contributed by atoms with van der Waals surface area (Å²) in [7, 11) is -3.59. The molecule has 0 saturated carbocycles. The summed E-state index contributed by atoms with van der Waals surface area (Å²) in [6.07, 6.45) is 2.08. The highest BCUT2D eigenvalue weighted by Gasteiger charge is 2.20. The van der Waals surface area contributed by atoms with Crippen LogP contribution in [-0.2, 0) is 16.4 Å². The second-order valence-electron chi connectivity index (χ2n) is 5.63. The number of hydrogen-bond donors (Lipinski definition) is 1. The molecular formula is C17H23NO4S. The lowest BCUT2D eigenvalue weighted by Crippen LogP contribution is -2.34. The van der Waals surface area contributed by atoms with Crippen LogP contribution in [0.2, 0.25) is 0 Å². The smallest absolute Gasteiger partial charge is 0.240 e. The third-order valence-corrected chi connectivity index (χ3v) is 5.05. The highest BCUT2D eigenvalue weighted by atomic mass is 32.2. The normalized spacial score (nSPS) is 13.0. The van der Waals surface area contributed by atoms with E-state index in [9.17, 15) is 8.42 Å². The second-order valence-corrected chi connectivity index (χ2v) is 7.34. The molecule has 0 aliphatic heterocycles. The molecule has 1 aromatic heterocycles. The zero-order chi connectivity index (χ0) is 17.0. The largest absolute Gasteiger partial charge is 0.493 e. The summed E-state index contributed by atoms with van der Waals surface area (Å²) in [5.74, 6) is 1.49. The van der Waals surface area contributed by atoms with Crippen molar-refractivity contribution in [3.05, 3.63) is 47.4 Å². The zero-order valence-electron chi connectivity index (χ0n) is 13.9. The minimum absolute atomic E-state index is 0.252. The van der Waals surface area contributed by atoms with E-state index >= 15 is 0 Å². The lowest BCUT2D eigenvalue weighted by Gasteiger charge is -2.16. The number of rotatable bonds is 7. The Morgan fingerprint density at radius 1 is 1.26 bits per heavy atom. The van der Waals surface area contributed by atoms with Crippen molar-refractivity contribution in [2.45, 2.75) is 45.1 Å². The molecule has 23 heavy (non-hydrogen) atoms. The number of ether oxygens (including phenoxy) is 1. The van der Waals surface area contributed by atoms with Gasteiger partial charge in [0.15, 0.2) is 0 Å². The highest BCUT2D eigenvalue weighted by molar-refractivity contribution is 7.89. The van der Waals surface area contributed by atoms with Gasteiger partial charge in [0.1, 0.15) is 11.5 Å². The molecule has 1 atom stereocenters. The summed E-state index contributed by atoms with van der Waals surface area (Å²) in [5, 5.41) is 0. The number of hydrogen-bond acceptors (Lipinski definition) is 4. The van der Waals surface area contributed by atoms with Gasteiger partial charge in [0.2, 0.25) is 10.0 Å².